The van der Waals surface area contributed by atoms with Gasteiger partial charge in [0.05, 0.1) is 22.2 Å². The highest BCUT2D eigenvalue weighted by Gasteiger charge is 2.38. The molecule has 0 aromatic heterocycles. The van der Waals surface area contributed by atoms with E-state index in [4.69, 9.17) is 0 Å². The molecule has 0 aliphatic carbocycles. The number of nitrogens with zero attached hydrogens (tertiary/aromatic N) is 1. The Morgan fingerprint density at radius 3 is 2.77 bits per heavy atom. The second-order valence-corrected chi connectivity index (χ2v) is 9.17. The Morgan fingerprint density at radius 1 is 1.23 bits per heavy atom. The number of aryl methyl sites for hydroxylation is 1. The summed E-state index contributed by atoms with van der Waals surface area (Å²) >= 11 is 1.49. The maximum atomic E-state index is 13.0. The molecule has 0 fully saturated rings. The van der Waals surface area contributed by atoms with Gasteiger partial charge in [0.1, 0.15) is 0 Å². The molecule has 0 bridgehead atoms. The molecular formula is C19H20N2O3S2. The van der Waals surface area contributed by atoms with E-state index >= 15 is 0 Å². The molecule has 0 spiro atoms. The lowest BCUT2D eigenvalue weighted by atomic mass is 9.97. The number of hydrogen-bond donors (Lipinski definition) is 1. The number of para-hydroxylation sites is 1. The SMILES string of the molecule is CSc1ccccc1NS(=O)(=O)c1cc2c3c(c1)[C@H](C)C(=O)N3CCC2. The second kappa shape index (κ2) is 6.32. The van der Waals surface area contributed by atoms with Crippen LogP contribution in [0.4, 0.5) is 11.4 Å². The van der Waals surface area contributed by atoms with Crippen molar-refractivity contribution in [3.05, 3.63) is 47.5 Å². The van der Waals surface area contributed by atoms with Crippen LogP contribution in [0, 0.1) is 0 Å². The largest absolute Gasteiger partial charge is 0.311 e. The van der Waals surface area contributed by atoms with Gasteiger partial charge in [0.15, 0.2) is 0 Å². The van der Waals surface area contributed by atoms with E-state index in [2.05, 4.69) is 4.72 Å². The molecule has 2 aromatic carbocycles. The smallest absolute Gasteiger partial charge is 0.261 e. The number of hydrogen-bond acceptors (Lipinski definition) is 4. The number of carbonyl (C=O) groups excluding carboxylic acids is 1. The fraction of sp³-hybridized carbons (Fsp3) is 0.316. The standard InChI is InChI=1S/C19H20N2O3S2/c1-12-15-11-14(10-13-6-5-9-21(18(13)15)19(12)22)26(23,24)20-16-7-3-4-8-17(16)25-2/h3-4,7-8,10-12,20H,5-6,9H2,1-2H3/t12-/m0/s1. The van der Waals surface area contributed by atoms with Crippen LogP contribution in [0.1, 0.15) is 30.4 Å². The van der Waals surface area contributed by atoms with Crippen molar-refractivity contribution in [3.63, 3.8) is 0 Å². The summed E-state index contributed by atoms with van der Waals surface area (Å²) in [6.07, 6.45) is 3.56. The van der Waals surface area contributed by atoms with E-state index in [1.54, 1.807) is 18.2 Å². The summed E-state index contributed by atoms with van der Waals surface area (Å²) in [4.78, 5) is 15.4. The molecule has 0 saturated heterocycles. The molecule has 26 heavy (non-hydrogen) atoms. The van der Waals surface area contributed by atoms with E-state index in [0.29, 0.717) is 12.2 Å². The Morgan fingerprint density at radius 2 is 2.00 bits per heavy atom. The summed E-state index contributed by atoms with van der Waals surface area (Å²) in [6, 6.07) is 10.7. The zero-order chi connectivity index (χ0) is 18.5. The number of carbonyl (C=O) groups is 1. The summed E-state index contributed by atoms with van der Waals surface area (Å²) < 4.78 is 28.7. The van der Waals surface area contributed by atoms with Crippen molar-refractivity contribution >= 4 is 39.1 Å². The summed E-state index contributed by atoms with van der Waals surface area (Å²) in [6.45, 7) is 2.57. The van der Waals surface area contributed by atoms with Gasteiger partial charge in [-0.1, -0.05) is 12.1 Å². The first kappa shape index (κ1) is 17.4. The summed E-state index contributed by atoms with van der Waals surface area (Å²) in [5.74, 6) is -0.230. The minimum Gasteiger partial charge on any atom is -0.311 e. The van der Waals surface area contributed by atoms with Crippen molar-refractivity contribution in [2.45, 2.75) is 35.5 Å². The van der Waals surface area contributed by atoms with Crippen LogP contribution in [0.15, 0.2) is 46.2 Å². The minimum absolute atomic E-state index is 0.0659. The van der Waals surface area contributed by atoms with E-state index in [-0.39, 0.29) is 16.7 Å². The lowest BCUT2D eigenvalue weighted by molar-refractivity contribution is -0.119. The van der Waals surface area contributed by atoms with Crippen LogP contribution in [0.5, 0.6) is 0 Å². The van der Waals surface area contributed by atoms with Gasteiger partial charge >= 0.3 is 0 Å². The van der Waals surface area contributed by atoms with Crippen molar-refractivity contribution in [2.75, 3.05) is 22.4 Å². The third-order valence-electron chi connectivity index (χ3n) is 5.05. The molecular weight excluding hydrogens is 368 g/mol. The van der Waals surface area contributed by atoms with Gasteiger partial charge in [-0.3, -0.25) is 9.52 Å². The molecule has 0 saturated carbocycles. The minimum atomic E-state index is -3.73. The van der Waals surface area contributed by atoms with Gasteiger partial charge in [-0.05, 0) is 61.4 Å². The van der Waals surface area contributed by atoms with Crippen molar-refractivity contribution in [3.8, 4) is 0 Å². The van der Waals surface area contributed by atoms with Crippen LogP contribution in [0.2, 0.25) is 0 Å². The summed E-state index contributed by atoms with van der Waals surface area (Å²) in [5.41, 5.74) is 3.27. The van der Waals surface area contributed by atoms with Crippen LogP contribution in [0.3, 0.4) is 0 Å². The predicted molar refractivity (Wildman–Crippen MR) is 105 cm³/mol. The summed E-state index contributed by atoms with van der Waals surface area (Å²) in [5, 5.41) is 0. The Balaban J connectivity index is 1.78. The quantitative estimate of drug-likeness (QED) is 0.813. The third kappa shape index (κ3) is 2.70. The van der Waals surface area contributed by atoms with E-state index in [1.165, 1.54) is 11.8 Å². The first-order valence-electron chi connectivity index (χ1n) is 8.56. The molecule has 136 valence electrons. The van der Waals surface area contributed by atoms with Gasteiger partial charge < -0.3 is 4.90 Å². The number of anilines is 2. The molecule has 0 unspecified atom stereocenters. The van der Waals surface area contributed by atoms with E-state index in [1.807, 2.05) is 36.3 Å². The normalized spacial score (nSPS) is 18.8. The molecule has 1 N–H and O–H groups in total. The van der Waals surface area contributed by atoms with E-state index in [0.717, 1.165) is 34.6 Å². The van der Waals surface area contributed by atoms with E-state index < -0.39 is 10.0 Å². The van der Waals surface area contributed by atoms with Gasteiger partial charge in [0, 0.05) is 11.4 Å². The molecule has 5 nitrogen and oxygen atoms in total. The van der Waals surface area contributed by atoms with Gasteiger partial charge in [0.25, 0.3) is 10.0 Å². The summed E-state index contributed by atoms with van der Waals surface area (Å²) in [7, 11) is -3.73. The highest BCUT2D eigenvalue weighted by atomic mass is 32.2. The molecule has 0 radical (unpaired) electrons. The molecule has 2 aliphatic rings. The average molecular weight is 389 g/mol. The molecule has 2 aliphatic heterocycles. The Bertz CT molecular complexity index is 1000. The van der Waals surface area contributed by atoms with E-state index in [9.17, 15) is 13.2 Å². The fourth-order valence-corrected chi connectivity index (χ4v) is 5.54. The predicted octanol–water partition coefficient (Wildman–Crippen LogP) is 3.61. The molecule has 2 heterocycles. The monoisotopic (exact) mass is 388 g/mol. The van der Waals surface area contributed by atoms with Gasteiger partial charge in [-0.2, -0.15) is 0 Å². The number of amides is 1. The number of benzene rings is 2. The highest BCUT2D eigenvalue weighted by molar-refractivity contribution is 7.99. The lowest BCUT2D eigenvalue weighted by Gasteiger charge is -2.26. The number of nitrogens with one attached hydrogen (secondary N) is 1. The van der Waals surface area contributed by atoms with Crippen molar-refractivity contribution < 1.29 is 13.2 Å². The first-order valence-corrected chi connectivity index (χ1v) is 11.3. The molecule has 4 rings (SSSR count). The molecule has 7 heteroatoms. The molecule has 1 amide bonds. The number of rotatable bonds is 4. The number of thioether (sulfide) groups is 1. The zero-order valence-electron chi connectivity index (χ0n) is 14.7. The maximum Gasteiger partial charge on any atom is 0.261 e. The maximum absolute atomic E-state index is 13.0. The Labute approximate surface area is 157 Å². The Hall–Kier alpha value is -1.99. The van der Waals surface area contributed by atoms with Gasteiger partial charge in [0.2, 0.25) is 5.91 Å². The second-order valence-electron chi connectivity index (χ2n) is 6.64. The van der Waals surface area contributed by atoms with Crippen molar-refractivity contribution in [1.29, 1.82) is 0 Å². The van der Waals surface area contributed by atoms with Crippen LogP contribution >= 0.6 is 11.8 Å². The first-order chi connectivity index (χ1) is 12.4. The number of sulfonamides is 1. The van der Waals surface area contributed by atoms with Crippen LogP contribution in [-0.2, 0) is 21.2 Å². The molecule has 1 atom stereocenters. The van der Waals surface area contributed by atoms with Gasteiger partial charge in [-0.15, -0.1) is 11.8 Å². The zero-order valence-corrected chi connectivity index (χ0v) is 16.3. The highest BCUT2D eigenvalue weighted by Crippen LogP contribution is 2.44. The third-order valence-corrected chi connectivity index (χ3v) is 7.19. The van der Waals surface area contributed by atoms with Crippen molar-refractivity contribution in [1.82, 2.24) is 0 Å². The average Bonchev–Trinajstić information content (AvgIpc) is 2.88. The van der Waals surface area contributed by atoms with Crippen LogP contribution in [0.25, 0.3) is 0 Å². The molecule has 2 aromatic rings. The van der Waals surface area contributed by atoms with Crippen molar-refractivity contribution in [2.24, 2.45) is 0 Å². The Kier molecular flexibility index (Phi) is 4.23. The van der Waals surface area contributed by atoms with Crippen LogP contribution < -0.4 is 9.62 Å². The lowest BCUT2D eigenvalue weighted by Crippen LogP contribution is -2.32. The fourth-order valence-electron chi connectivity index (χ4n) is 3.75. The van der Waals surface area contributed by atoms with Crippen LogP contribution in [-0.4, -0.2) is 27.1 Å². The topological polar surface area (TPSA) is 66.5 Å². The van der Waals surface area contributed by atoms with Gasteiger partial charge in [-0.25, -0.2) is 8.42 Å².